The minimum Gasteiger partial charge on any atom is -0.494 e. The first-order valence-electron chi connectivity index (χ1n) is 5.59. The number of hydrogen-bond acceptors (Lipinski definition) is 3. The van der Waals surface area contributed by atoms with Crippen LogP contribution in [0.2, 0.25) is 0 Å². The van der Waals surface area contributed by atoms with E-state index in [1.54, 1.807) is 6.07 Å². The highest BCUT2D eigenvalue weighted by atomic mass is 35.5. The summed E-state index contributed by atoms with van der Waals surface area (Å²) in [4.78, 5) is 0. The summed E-state index contributed by atoms with van der Waals surface area (Å²) in [5, 5.41) is 0. The Labute approximate surface area is 125 Å². The second-order valence-electron chi connectivity index (χ2n) is 3.80. The molecule has 2 aromatic carbocycles. The highest BCUT2D eigenvalue weighted by molar-refractivity contribution is 5.85. The van der Waals surface area contributed by atoms with Gasteiger partial charge in [-0.3, -0.25) is 0 Å². The average molecular weight is 301 g/mol. The maximum absolute atomic E-state index is 5.93. The molecule has 0 amide bonds. The van der Waals surface area contributed by atoms with E-state index < -0.39 is 0 Å². The smallest absolute Gasteiger partial charge is 0.119 e. The van der Waals surface area contributed by atoms with Gasteiger partial charge in [-0.05, 0) is 42.8 Å². The van der Waals surface area contributed by atoms with Gasteiger partial charge in [0, 0.05) is 16.9 Å². The molecule has 0 aromatic heterocycles. The van der Waals surface area contributed by atoms with E-state index in [1.165, 1.54) is 0 Å². The molecule has 5 heteroatoms. The van der Waals surface area contributed by atoms with Gasteiger partial charge in [0.2, 0.25) is 0 Å². The number of nitrogens with two attached hydrogens (primary N) is 2. The summed E-state index contributed by atoms with van der Waals surface area (Å²) in [5.74, 6) is 0.860. The standard InChI is InChI=1S/C14H16N2O.2ClH/c1-2-17-12-6-3-10(4-7-12)13-9-11(15)5-8-14(13)16;;/h3-9H,2,15-16H2,1H3;2*1H. The van der Waals surface area contributed by atoms with Crippen molar-refractivity contribution in [1.29, 1.82) is 0 Å². The maximum Gasteiger partial charge on any atom is 0.119 e. The quantitative estimate of drug-likeness (QED) is 0.849. The monoisotopic (exact) mass is 300 g/mol. The summed E-state index contributed by atoms with van der Waals surface area (Å²) in [7, 11) is 0. The molecule has 0 radical (unpaired) electrons. The second-order valence-corrected chi connectivity index (χ2v) is 3.80. The fraction of sp³-hybridized carbons (Fsp3) is 0.143. The number of hydrogen-bond donors (Lipinski definition) is 2. The molecule has 3 nitrogen and oxygen atoms in total. The molecule has 0 aliphatic rings. The molecule has 0 unspecified atom stereocenters. The molecular formula is C14H18Cl2N2O. The van der Waals surface area contributed by atoms with Crippen LogP contribution in [-0.4, -0.2) is 6.61 Å². The van der Waals surface area contributed by atoms with E-state index in [0.717, 1.165) is 22.6 Å². The molecule has 2 aromatic rings. The Morgan fingerprint density at radius 1 is 0.947 bits per heavy atom. The summed E-state index contributed by atoms with van der Waals surface area (Å²) in [6.07, 6.45) is 0. The Hall–Kier alpha value is -1.58. The Balaban J connectivity index is 0.00000162. The van der Waals surface area contributed by atoms with E-state index in [2.05, 4.69) is 0 Å². The van der Waals surface area contributed by atoms with Gasteiger partial charge >= 0.3 is 0 Å². The van der Waals surface area contributed by atoms with Crippen molar-refractivity contribution < 1.29 is 4.74 Å². The molecule has 0 spiro atoms. The number of ether oxygens (including phenoxy) is 1. The van der Waals surface area contributed by atoms with E-state index in [9.17, 15) is 0 Å². The molecule has 104 valence electrons. The van der Waals surface area contributed by atoms with Crippen molar-refractivity contribution >= 4 is 36.2 Å². The molecule has 0 saturated heterocycles. The van der Waals surface area contributed by atoms with Gasteiger partial charge in [0.25, 0.3) is 0 Å². The molecule has 0 atom stereocenters. The van der Waals surface area contributed by atoms with Crippen molar-refractivity contribution in [3.05, 3.63) is 42.5 Å². The van der Waals surface area contributed by atoms with E-state index >= 15 is 0 Å². The molecule has 4 N–H and O–H groups in total. The van der Waals surface area contributed by atoms with Gasteiger partial charge in [0.1, 0.15) is 5.75 Å². The van der Waals surface area contributed by atoms with E-state index in [1.807, 2.05) is 43.3 Å². The second kappa shape index (κ2) is 7.77. The summed E-state index contributed by atoms with van der Waals surface area (Å²) in [6.45, 7) is 2.63. The third-order valence-corrected chi connectivity index (χ3v) is 2.55. The summed E-state index contributed by atoms with van der Waals surface area (Å²) < 4.78 is 5.39. The number of rotatable bonds is 3. The fourth-order valence-corrected chi connectivity index (χ4v) is 1.72. The minimum atomic E-state index is 0. The Morgan fingerprint density at radius 3 is 2.16 bits per heavy atom. The summed E-state index contributed by atoms with van der Waals surface area (Å²) in [6, 6.07) is 13.3. The van der Waals surface area contributed by atoms with Crippen molar-refractivity contribution in [2.24, 2.45) is 0 Å². The molecular weight excluding hydrogens is 283 g/mol. The van der Waals surface area contributed by atoms with Gasteiger partial charge in [-0.2, -0.15) is 0 Å². The predicted octanol–water partition coefficient (Wildman–Crippen LogP) is 3.76. The molecule has 2 rings (SSSR count). The lowest BCUT2D eigenvalue weighted by atomic mass is 10.0. The fourth-order valence-electron chi connectivity index (χ4n) is 1.72. The van der Waals surface area contributed by atoms with Crippen molar-refractivity contribution in [2.75, 3.05) is 18.1 Å². The third-order valence-electron chi connectivity index (χ3n) is 2.55. The highest BCUT2D eigenvalue weighted by Crippen LogP contribution is 2.29. The van der Waals surface area contributed by atoms with Gasteiger partial charge < -0.3 is 16.2 Å². The zero-order chi connectivity index (χ0) is 12.3. The third kappa shape index (κ3) is 4.23. The molecule has 0 aliphatic heterocycles. The van der Waals surface area contributed by atoms with Crippen LogP contribution in [0.5, 0.6) is 5.75 Å². The molecule has 0 saturated carbocycles. The zero-order valence-electron chi connectivity index (χ0n) is 10.6. The molecule has 19 heavy (non-hydrogen) atoms. The van der Waals surface area contributed by atoms with E-state index in [0.29, 0.717) is 12.3 Å². The first-order valence-corrected chi connectivity index (χ1v) is 5.59. The Kier molecular flexibility index (Phi) is 7.12. The van der Waals surface area contributed by atoms with E-state index in [-0.39, 0.29) is 24.8 Å². The largest absolute Gasteiger partial charge is 0.494 e. The van der Waals surface area contributed by atoms with Crippen LogP contribution in [0, 0.1) is 0 Å². The number of benzene rings is 2. The Bertz CT molecular complexity index is 515. The van der Waals surface area contributed by atoms with Crippen molar-refractivity contribution in [3.63, 3.8) is 0 Å². The van der Waals surface area contributed by atoms with E-state index in [4.69, 9.17) is 16.2 Å². The van der Waals surface area contributed by atoms with Crippen LogP contribution in [-0.2, 0) is 0 Å². The Morgan fingerprint density at radius 2 is 1.58 bits per heavy atom. The molecule has 0 aliphatic carbocycles. The lowest BCUT2D eigenvalue weighted by Crippen LogP contribution is -1.94. The van der Waals surface area contributed by atoms with Crippen LogP contribution < -0.4 is 16.2 Å². The normalized spacial score (nSPS) is 9.11. The van der Waals surface area contributed by atoms with Crippen LogP contribution in [0.25, 0.3) is 11.1 Å². The number of nitrogen functional groups attached to an aromatic ring is 2. The van der Waals surface area contributed by atoms with Gasteiger partial charge in [-0.15, -0.1) is 24.8 Å². The van der Waals surface area contributed by atoms with Crippen LogP contribution in [0.3, 0.4) is 0 Å². The zero-order valence-corrected chi connectivity index (χ0v) is 12.3. The SMILES string of the molecule is CCOc1ccc(-c2cc(N)ccc2N)cc1.Cl.Cl. The van der Waals surface area contributed by atoms with Gasteiger partial charge in [-0.1, -0.05) is 12.1 Å². The summed E-state index contributed by atoms with van der Waals surface area (Å²) in [5.41, 5.74) is 15.1. The summed E-state index contributed by atoms with van der Waals surface area (Å²) >= 11 is 0. The topological polar surface area (TPSA) is 61.3 Å². The first-order chi connectivity index (χ1) is 8.20. The van der Waals surface area contributed by atoms with Crippen LogP contribution in [0.1, 0.15) is 6.92 Å². The van der Waals surface area contributed by atoms with Crippen molar-refractivity contribution in [1.82, 2.24) is 0 Å². The molecule has 0 fully saturated rings. The van der Waals surface area contributed by atoms with Gasteiger partial charge in [0.05, 0.1) is 6.61 Å². The minimum absolute atomic E-state index is 0. The first kappa shape index (κ1) is 17.4. The number of halogens is 2. The maximum atomic E-state index is 5.93. The molecule has 0 heterocycles. The van der Waals surface area contributed by atoms with Crippen molar-refractivity contribution in [3.8, 4) is 16.9 Å². The van der Waals surface area contributed by atoms with Crippen LogP contribution in [0.4, 0.5) is 11.4 Å². The lowest BCUT2D eigenvalue weighted by molar-refractivity contribution is 0.340. The average Bonchev–Trinajstić information content (AvgIpc) is 2.34. The van der Waals surface area contributed by atoms with Crippen molar-refractivity contribution in [2.45, 2.75) is 6.92 Å². The highest BCUT2D eigenvalue weighted by Gasteiger charge is 2.03. The predicted molar refractivity (Wildman–Crippen MR) is 86.4 cm³/mol. The molecule has 0 bridgehead atoms. The lowest BCUT2D eigenvalue weighted by Gasteiger charge is -2.08. The van der Waals surface area contributed by atoms with Gasteiger partial charge in [-0.25, -0.2) is 0 Å². The number of anilines is 2. The van der Waals surface area contributed by atoms with Crippen LogP contribution in [0.15, 0.2) is 42.5 Å². The van der Waals surface area contributed by atoms with Gasteiger partial charge in [0.15, 0.2) is 0 Å². The van der Waals surface area contributed by atoms with Crippen LogP contribution >= 0.6 is 24.8 Å².